The van der Waals surface area contributed by atoms with Gasteiger partial charge in [-0.05, 0) is 32.2 Å². The van der Waals surface area contributed by atoms with Crippen LogP contribution in [0.3, 0.4) is 0 Å². The van der Waals surface area contributed by atoms with Crippen LogP contribution in [0.1, 0.15) is 75.5 Å². The summed E-state index contributed by atoms with van der Waals surface area (Å²) in [6, 6.07) is 0.227. The SMILES string of the molecule is COC1(c2noc([C@H]3CCCCN3)n2)CCCCCC1. The third-order valence-corrected chi connectivity index (χ3v) is 4.76. The molecule has 0 unspecified atom stereocenters. The van der Waals surface area contributed by atoms with Gasteiger partial charge in [-0.15, -0.1) is 0 Å². The predicted octanol–water partition coefficient (Wildman–Crippen LogP) is 3.08. The van der Waals surface area contributed by atoms with E-state index in [1.54, 1.807) is 7.11 Å². The fourth-order valence-electron chi connectivity index (χ4n) is 3.44. The standard InChI is InChI=1S/C15H25N3O2/c1-19-15(9-5-2-3-6-10-15)14-17-13(20-18-14)12-8-4-7-11-16-12/h12,16H,2-11H2,1H3/t12-/m1/s1. The summed E-state index contributed by atoms with van der Waals surface area (Å²) in [6.45, 7) is 1.04. The van der Waals surface area contributed by atoms with Crippen molar-refractivity contribution in [2.24, 2.45) is 0 Å². The summed E-state index contributed by atoms with van der Waals surface area (Å²) in [4.78, 5) is 4.68. The van der Waals surface area contributed by atoms with E-state index in [-0.39, 0.29) is 11.6 Å². The highest BCUT2D eigenvalue weighted by Gasteiger charge is 2.38. The van der Waals surface area contributed by atoms with Gasteiger partial charge >= 0.3 is 0 Å². The number of ether oxygens (including phenoxy) is 1. The largest absolute Gasteiger partial charge is 0.370 e. The van der Waals surface area contributed by atoms with Gasteiger partial charge in [-0.25, -0.2) is 0 Å². The number of aromatic nitrogens is 2. The Hall–Kier alpha value is -0.940. The number of hydrogen-bond donors (Lipinski definition) is 1. The van der Waals surface area contributed by atoms with Crippen LogP contribution < -0.4 is 5.32 Å². The van der Waals surface area contributed by atoms with Crippen molar-refractivity contribution in [2.75, 3.05) is 13.7 Å². The summed E-state index contributed by atoms with van der Waals surface area (Å²) in [5.41, 5.74) is -0.326. The Labute approximate surface area is 120 Å². The zero-order chi connectivity index (χ0) is 13.8. The van der Waals surface area contributed by atoms with Crippen LogP contribution in [-0.4, -0.2) is 23.8 Å². The highest BCUT2D eigenvalue weighted by molar-refractivity contribution is 5.04. The molecule has 112 valence electrons. The summed E-state index contributed by atoms with van der Waals surface area (Å²) in [5, 5.41) is 7.71. The van der Waals surface area contributed by atoms with Crippen molar-refractivity contribution >= 4 is 0 Å². The molecule has 1 saturated heterocycles. The molecule has 1 aromatic heterocycles. The minimum absolute atomic E-state index is 0.227. The van der Waals surface area contributed by atoms with Gasteiger partial charge in [0.1, 0.15) is 5.60 Å². The molecule has 1 atom stereocenters. The third-order valence-electron chi connectivity index (χ3n) is 4.76. The van der Waals surface area contributed by atoms with Gasteiger partial charge in [0.05, 0.1) is 6.04 Å². The van der Waals surface area contributed by atoms with E-state index in [0.717, 1.165) is 37.5 Å². The van der Waals surface area contributed by atoms with Gasteiger partial charge in [-0.3, -0.25) is 0 Å². The van der Waals surface area contributed by atoms with E-state index in [1.165, 1.54) is 38.5 Å². The van der Waals surface area contributed by atoms with Gasteiger partial charge in [-0.2, -0.15) is 4.98 Å². The second kappa shape index (κ2) is 6.22. The van der Waals surface area contributed by atoms with Crippen LogP contribution in [0.25, 0.3) is 0 Å². The lowest BCUT2D eigenvalue weighted by atomic mass is 9.93. The topological polar surface area (TPSA) is 60.2 Å². The summed E-state index contributed by atoms with van der Waals surface area (Å²) < 4.78 is 11.4. The summed E-state index contributed by atoms with van der Waals surface area (Å²) in [5.74, 6) is 1.49. The number of rotatable bonds is 3. The Morgan fingerprint density at radius 1 is 1.15 bits per heavy atom. The molecule has 2 aliphatic rings. The maximum Gasteiger partial charge on any atom is 0.243 e. The maximum atomic E-state index is 5.84. The summed E-state index contributed by atoms with van der Waals surface area (Å²) in [7, 11) is 1.78. The van der Waals surface area contributed by atoms with E-state index >= 15 is 0 Å². The number of hydrogen-bond acceptors (Lipinski definition) is 5. The lowest BCUT2D eigenvalue weighted by molar-refractivity contribution is -0.0365. The van der Waals surface area contributed by atoms with Crippen molar-refractivity contribution in [2.45, 2.75) is 69.4 Å². The molecule has 0 amide bonds. The van der Waals surface area contributed by atoms with Crippen LogP contribution >= 0.6 is 0 Å². The van der Waals surface area contributed by atoms with E-state index < -0.39 is 0 Å². The second-order valence-electron chi connectivity index (χ2n) is 6.07. The first-order valence-corrected chi connectivity index (χ1v) is 7.97. The van der Waals surface area contributed by atoms with Crippen LogP contribution in [0.15, 0.2) is 4.52 Å². The van der Waals surface area contributed by atoms with Crippen molar-refractivity contribution in [3.8, 4) is 0 Å². The fourth-order valence-corrected chi connectivity index (χ4v) is 3.44. The zero-order valence-electron chi connectivity index (χ0n) is 12.4. The van der Waals surface area contributed by atoms with Gasteiger partial charge in [0.2, 0.25) is 11.7 Å². The first-order chi connectivity index (χ1) is 9.84. The monoisotopic (exact) mass is 279 g/mol. The average molecular weight is 279 g/mol. The highest BCUT2D eigenvalue weighted by atomic mass is 16.5. The van der Waals surface area contributed by atoms with E-state index in [9.17, 15) is 0 Å². The molecule has 0 aromatic carbocycles. The van der Waals surface area contributed by atoms with Crippen LogP contribution in [0, 0.1) is 0 Å². The van der Waals surface area contributed by atoms with Crippen LogP contribution in [0.4, 0.5) is 0 Å². The number of piperidine rings is 1. The van der Waals surface area contributed by atoms with Gasteiger partial charge in [0, 0.05) is 7.11 Å². The van der Waals surface area contributed by atoms with E-state index in [2.05, 4.69) is 15.5 Å². The molecule has 5 nitrogen and oxygen atoms in total. The molecule has 3 rings (SSSR count). The number of methoxy groups -OCH3 is 1. The van der Waals surface area contributed by atoms with Crippen molar-refractivity contribution in [1.82, 2.24) is 15.5 Å². The van der Waals surface area contributed by atoms with Crippen molar-refractivity contribution < 1.29 is 9.26 Å². The van der Waals surface area contributed by atoms with Crippen molar-refractivity contribution in [3.63, 3.8) is 0 Å². The van der Waals surface area contributed by atoms with Gasteiger partial charge in [0.25, 0.3) is 0 Å². The molecule has 1 aliphatic carbocycles. The average Bonchev–Trinajstić information content (AvgIpc) is 2.88. The number of nitrogens with zero attached hydrogens (tertiary/aromatic N) is 2. The molecule has 1 aromatic rings. The minimum atomic E-state index is -0.326. The lowest BCUT2D eigenvalue weighted by Gasteiger charge is -2.27. The van der Waals surface area contributed by atoms with Gasteiger partial charge < -0.3 is 14.6 Å². The molecule has 20 heavy (non-hydrogen) atoms. The fraction of sp³-hybridized carbons (Fsp3) is 0.867. The quantitative estimate of drug-likeness (QED) is 0.862. The minimum Gasteiger partial charge on any atom is -0.370 e. The lowest BCUT2D eigenvalue weighted by Crippen LogP contribution is -2.30. The highest BCUT2D eigenvalue weighted by Crippen LogP contribution is 2.38. The zero-order valence-corrected chi connectivity index (χ0v) is 12.4. The Morgan fingerprint density at radius 2 is 1.95 bits per heavy atom. The summed E-state index contributed by atoms with van der Waals surface area (Å²) >= 11 is 0. The van der Waals surface area contributed by atoms with Gasteiger partial charge in [0.15, 0.2) is 0 Å². The molecule has 1 N–H and O–H groups in total. The molecule has 2 heterocycles. The van der Waals surface area contributed by atoms with Crippen molar-refractivity contribution in [1.29, 1.82) is 0 Å². The molecule has 2 fully saturated rings. The molecular formula is C15H25N3O2. The van der Waals surface area contributed by atoms with E-state index in [4.69, 9.17) is 9.26 Å². The molecule has 1 aliphatic heterocycles. The first kappa shape index (κ1) is 14.0. The third kappa shape index (κ3) is 2.74. The van der Waals surface area contributed by atoms with Crippen LogP contribution in [-0.2, 0) is 10.3 Å². The Morgan fingerprint density at radius 3 is 2.60 bits per heavy atom. The van der Waals surface area contributed by atoms with E-state index in [1.807, 2.05) is 0 Å². The van der Waals surface area contributed by atoms with Crippen LogP contribution in [0.2, 0.25) is 0 Å². The van der Waals surface area contributed by atoms with E-state index in [0.29, 0.717) is 0 Å². The Balaban J connectivity index is 1.79. The predicted molar refractivity (Wildman–Crippen MR) is 75.3 cm³/mol. The van der Waals surface area contributed by atoms with Crippen molar-refractivity contribution in [3.05, 3.63) is 11.7 Å². The normalized spacial score (nSPS) is 27.1. The Kier molecular flexibility index (Phi) is 4.36. The molecule has 1 saturated carbocycles. The van der Waals surface area contributed by atoms with Crippen LogP contribution in [0.5, 0.6) is 0 Å². The first-order valence-electron chi connectivity index (χ1n) is 7.97. The second-order valence-corrected chi connectivity index (χ2v) is 6.07. The molecule has 5 heteroatoms. The van der Waals surface area contributed by atoms with Gasteiger partial charge in [-0.1, -0.05) is 37.3 Å². The number of nitrogens with one attached hydrogen (secondary N) is 1. The summed E-state index contributed by atoms with van der Waals surface area (Å²) in [6.07, 6.45) is 10.5. The maximum absolute atomic E-state index is 5.84. The smallest absolute Gasteiger partial charge is 0.243 e. The Bertz CT molecular complexity index is 419. The molecule has 0 radical (unpaired) electrons. The molecular weight excluding hydrogens is 254 g/mol. The molecule has 0 spiro atoms. The molecule has 0 bridgehead atoms.